The number of nitrogens with zero attached hydrogens (tertiary/aromatic N) is 6. The van der Waals surface area contributed by atoms with Crippen LogP contribution in [0.25, 0.3) is 11.4 Å². The van der Waals surface area contributed by atoms with E-state index in [1.807, 2.05) is 30.3 Å². The molecule has 1 aliphatic rings. The quantitative estimate of drug-likeness (QED) is 0.326. The van der Waals surface area contributed by atoms with Crippen LogP contribution >= 0.6 is 11.8 Å². The second kappa shape index (κ2) is 11.0. The Morgan fingerprint density at radius 3 is 2.56 bits per heavy atom. The molecular formula is C21H26N6O3S2. The van der Waals surface area contributed by atoms with Gasteiger partial charge in [0.2, 0.25) is 15.8 Å². The number of thioether (sulfide) groups is 1. The summed E-state index contributed by atoms with van der Waals surface area (Å²) in [6.07, 6.45) is 4.49. The van der Waals surface area contributed by atoms with Crippen LogP contribution in [0, 0.1) is 0 Å². The molecule has 170 valence electrons. The molecule has 0 aliphatic carbocycles. The molecule has 9 nitrogen and oxygen atoms in total. The number of aryl methyl sites for hydroxylation is 1. The van der Waals surface area contributed by atoms with E-state index in [0.29, 0.717) is 32.1 Å². The molecule has 0 amide bonds. The minimum absolute atomic E-state index is 0.235. The molecule has 0 radical (unpaired) electrons. The summed E-state index contributed by atoms with van der Waals surface area (Å²) in [7, 11) is -3.49. The van der Waals surface area contributed by atoms with Gasteiger partial charge in [0.25, 0.3) is 0 Å². The number of hydrogen-bond donors (Lipinski definition) is 0. The zero-order valence-electron chi connectivity index (χ0n) is 17.7. The van der Waals surface area contributed by atoms with Crippen molar-refractivity contribution >= 4 is 21.8 Å². The van der Waals surface area contributed by atoms with E-state index in [1.54, 1.807) is 28.7 Å². The molecule has 0 bridgehead atoms. The molecule has 3 heterocycles. The summed E-state index contributed by atoms with van der Waals surface area (Å²) < 4.78 is 32.0. The molecule has 2 aromatic heterocycles. The van der Waals surface area contributed by atoms with E-state index in [-0.39, 0.29) is 4.90 Å². The molecule has 1 aliphatic heterocycles. The van der Waals surface area contributed by atoms with Gasteiger partial charge in [-0.25, -0.2) is 13.4 Å². The Hall–Kier alpha value is -2.34. The molecule has 1 fully saturated rings. The number of tetrazole rings is 1. The van der Waals surface area contributed by atoms with Crippen molar-refractivity contribution in [3.63, 3.8) is 0 Å². The number of pyridine rings is 1. The fourth-order valence-electron chi connectivity index (χ4n) is 3.29. The lowest BCUT2D eigenvalue weighted by molar-refractivity contribution is 0.0730. The Kier molecular flexibility index (Phi) is 7.85. The van der Waals surface area contributed by atoms with Crippen LogP contribution in [0.15, 0.2) is 58.6 Å². The van der Waals surface area contributed by atoms with Crippen LogP contribution in [0.1, 0.15) is 19.3 Å². The number of benzene rings is 1. The van der Waals surface area contributed by atoms with Gasteiger partial charge in [0.05, 0.1) is 24.8 Å². The van der Waals surface area contributed by atoms with Crippen LogP contribution < -0.4 is 0 Å². The summed E-state index contributed by atoms with van der Waals surface area (Å²) in [5.41, 5.74) is 0.964. The molecular weight excluding hydrogens is 448 g/mol. The highest BCUT2D eigenvalue weighted by Gasteiger charge is 2.26. The molecule has 4 rings (SSSR count). The molecule has 0 saturated carbocycles. The zero-order chi connectivity index (χ0) is 22.2. The van der Waals surface area contributed by atoms with E-state index in [4.69, 9.17) is 4.74 Å². The van der Waals surface area contributed by atoms with Crippen molar-refractivity contribution in [1.29, 1.82) is 0 Å². The van der Waals surface area contributed by atoms with Gasteiger partial charge in [-0.2, -0.15) is 9.10 Å². The first kappa shape index (κ1) is 22.8. The zero-order valence-corrected chi connectivity index (χ0v) is 19.3. The maximum atomic E-state index is 12.6. The second-order valence-corrected chi connectivity index (χ2v) is 10.4. The van der Waals surface area contributed by atoms with Gasteiger partial charge in [0, 0.05) is 24.8 Å². The van der Waals surface area contributed by atoms with Crippen molar-refractivity contribution in [1.82, 2.24) is 29.5 Å². The maximum Gasteiger partial charge on any atom is 0.244 e. The van der Waals surface area contributed by atoms with Gasteiger partial charge < -0.3 is 4.74 Å². The Morgan fingerprint density at radius 2 is 1.81 bits per heavy atom. The summed E-state index contributed by atoms with van der Waals surface area (Å²) in [5.74, 6) is 1.56. The number of hydrogen-bond acceptors (Lipinski definition) is 8. The lowest BCUT2D eigenvalue weighted by atomic mass is 10.2. The summed E-state index contributed by atoms with van der Waals surface area (Å²) in [6.45, 7) is 2.37. The molecule has 0 N–H and O–H groups in total. The number of unbranched alkanes of at least 4 members (excludes halogenated alkanes) is 2. The lowest BCUT2D eigenvalue weighted by Crippen LogP contribution is -2.40. The summed E-state index contributed by atoms with van der Waals surface area (Å²) in [5, 5.41) is 13.5. The van der Waals surface area contributed by atoms with Gasteiger partial charge in [-0.05, 0) is 35.9 Å². The lowest BCUT2D eigenvalue weighted by Gasteiger charge is -2.25. The van der Waals surface area contributed by atoms with Gasteiger partial charge in [-0.15, -0.1) is 22.0 Å². The predicted octanol–water partition coefficient (Wildman–Crippen LogP) is 2.72. The predicted molar refractivity (Wildman–Crippen MR) is 122 cm³/mol. The first-order valence-electron chi connectivity index (χ1n) is 10.6. The molecule has 0 atom stereocenters. The smallest absolute Gasteiger partial charge is 0.244 e. The maximum absolute atomic E-state index is 12.6. The number of rotatable bonds is 10. The van der Waals surface area contributed by atoms with E-state index in [1.165, 1.54) is 10.5 Å². The first-order chi connectivity index (χ1) is 15.6. The Morgan fingerprint density at radius 1 is 1.00 bits per heavy atom. The molecule has 1 aromatic carbocycles. The number of aromatic nitrogens is 5. The largest absolute Gasteiger partial charge is 0.379 e. The van der Waals surface area contributed by atoms with Crippen molar-refractivity contribution in [2.75, 3.05) is 32.1 Å². The summed E-state index contributed by atoms with van der Waals surface area (Å²) in [6, 6.07) is 13.2. The van der Waals surface area contributed by atoms with E-state index in [9.17, 15) is 8.42 Å². The average molecular weight is 475 g/mol. The minimum atomic E-state index is -3.49. The van der Waals surface area contributed by atoms with Crippen molar-refractivity contribution in [2.45, 2.75) is 35.7 Å². The summed E-state index contributed by atoms with van der Waals surface area (Å²) in [4.78, 5) is 6.21. The SMILES string of the molecule is O=S(=O)(c1ccc(SCCCCCn2nnc(-c3ccccc3)n2)nc1)N1CCOCC1. The van der Waals surface area contributed by atoms with Crippen LogP contribution in [0.4, 0.5) is 0 Å². The highest BCUT2D eigenvalue weighted by atomic mass is 32.2. The fourth-order valence-corrected chi connectivity index (χ4v) is 5.49. The standard InChI is InChI=1S/C21H26N6O3S2/c28-32(29,26-12-14-30-15-13-26)19-9-10-20(22-17-19)31-16-6-2-5-11-27-24-21(23-25-27)18-7-3-1-4-8-18/h1,3-4,7-10,17H,2,5-6,11-16H2. The van der Waals surface area contributed by atoms with Crippen LogP contribution in [0.5, 0.6) is 0 Å². The fraction of sp³-hybridized carbons (Fsp3) is 0.429. The topological polar surface area (TPSA) is 103 Å². The van der Waals surface area contributed by atoms with Crippen LogP contribution in [0.2, 0.25) is 0 Å². The number of sulfonamides is 1. The summed E-state index contributed by atoms with van der Waals surface area (Å²) >= 11 is 1.63. The third-order valence-corrected chi connectivity index (χ3v) is 7.97. The van der Waals surface area contributed by atoms with Gasteiger partial charge in [-0.3, -0.25) is 0 Å². The number of morpholine rings is 1. The molecule has 0 spiro atoms. The van der Waals surface area contributed by atoms with E-state index in [0.717, 1.165) is 42.1 Å². The van der Waals surface area contributed by atoms with Gasteiger partial charge >= 0.3 is 0 Å². The molecule has 0 unspecified atom stereocenters. The van der Waals surface area contributed by atoms with Gasteiger partial charge in [0.15, 0.2) is 0 Å². The number of ether oxygens (including phenoxy) is 1. The Balaban J connectivity index is 1.17. The average Bonchev–Trinajstić information content (AvgIpc) is 3.32. The third-order valence-electron chi connectivity index (χ3n) is 5.05. The van der Waals surface area contributed by atoms with Crippen LogP contribution in [-0.2, 0) is 21.3 Å². The normalized spacial score (nSPS) is 15.1. The van der Waals surface area contributed by atoms with E-state index < -0.39 is 10.0 Å². The third kappa shape index (κ3) is 5.91. The Bertz CT molecular complexity index is 1080. The van der Waals surface area contributed by atoms with Crippen LogP contribution in [0.3, 0.4) is 0 Å². The molecule has 11 heteroatoms. The molecule has 3 aromatic rings. The van der Waals surface area contributed by atoms with Crippen molar-refractivity contribution in [2.24, 2.45) is 0 Å². The van der Waals surface area contributed by atoms with Crippen molar-refractivity contribution < 1.29 is 13.2 Å². The minimum Gasteiger partial charge on any atom is -0.379 e. The molecule has 1 saturated heterocycles. The first-order valence-corrected chi connectivity index (χ1v) is 13.1. The van der Waals surface area contributed by atoms with E-state index >= 15 is 0 Å². The molecule has 32 heavy (non-hydrogen) atoms. The monoisotopic (exact) mass is 474 g/mol. The second-order valence-electron chi connectivity index (χ2n) is 7.33. The van der Waals surface area contributed by atoms with Crippen molar-refractivity contribution in [3.05, 3.63) is 48.7 Å². The van der Waals surface area contributed by atoms with Crippen molar-refractivity contribution in [3.8, 4) is 11.4 Å². The Labute approximate surface area is 192 Å². The highest BCUT2D eigenvalue weighted by Crippen LogP contribution is 2.21. The van der Waals surface area contributed by atoms with Gasteiger partial charge in [-0.1, -0.05) is 36.8 Å². The van der Waals surface area contributed by atoms with E-state index in [2.05, 4.69) is 20.4 Å². The van der Waals surface area contributed by atoms with Crippen LogP contribution in [-0.4, -0.2) is 70.0 Å². The highest BCUT2D eigenvalue weighted by molar-refractivity contribution is 7.99. The van der Waals surface area contributed by atoms with Gasteiger partial charge in [0.1, 0.15) is 4.90 Å².